The van der Waals surface area contributed by atoms with Crippen molar-refractivity contribution in [2.24, 2.45) is 0 Å². The predicted molar refractivity (Wildman–Crippen MR) is 381 cm³/mol. The zero-order valence-electron chi connectivity index (χ0n) is 60.4. The summed E-state index contributed by atoms with van der Waals surface area (Å²) in [6.07, 6.45) is 40.6. The van der Waals surface area contributed by atoms with Gasteiger partial charge < -0.3 is 27.1 Å². The molecule has 8 heteroatoms. The molecule has 0 amide bonds. The second-order valence-electron chi connectivity index (χ2n) is 31.3. The average Bonchev–Trinajstić information content (AvgIpc) is 1.06. The molecule has 0 saturated heterocycles. The van der Waals surface area contributed by atoms with E-state index in [4.69, 9.17) is 27.1 Å². The van der Waals surface area contributed by atoms with Crippen LogP contribution in [0.1, 0.15) is 371 Å². The SMILES string of the molecule is CC(C)(C)c1cccc(OP(Oc2cccc(C(C)(C)C)c2C(C)(C)C)Oc2cccc(C(C)(C)C)c2C(C)(C)C)c1C(C)(C)C.CCCCCCCCCCCCOP(OCCCCCCCCCCCC)OCCCCCCCCCCCC. The lowest BCUT2D eigenvalue weighted by molar-refractivity contribution is 0.153. The lowest BCUT2D eigenvalue weighted by atomic mass is 9.75. The van der Waals surface area contributed by atoms with Gasteiger partial charge in [-0.25, -0.2) is 0 Å². The maximum Gasteiger partial charge on any atom is 0.530 e. The first-order chi connectivity index (χ1) is 40.5. The summed E-state index contributed by atoms with van der Waals surface area (Å²) in [7, 11) is -3.09. The van der Waals surface area contributed by atoms with Crippen molar-refractivity contribution in [3.8, 4) is 17.2 Å². The number of hydrogen-bond donors (Lipinski definition) is 0. The van der Waals surface area contributed by atoms with Crippen LogP contribution in [0.2, 0.25) is 0 Å². The molecular formula is C78H138O6P2. The van der Waals surface area contributed by atoms with Crippen LogP contribution < -0.4 is 13.6 Å². The topological polar surface area (TPSA) is 55.4 Å². The Morgan fingerprint density at radius 3 is 0.628 bits per heavy atom. The van der Waals surface area contributed by atoms with Crippen molar-refractivity contribution in [3.63, 3.8) is 0 Å². The van der Waals surface area contributed by atoms with Crippen LogP contribution in [0, 0.1) is 0 Å². The number of rotatable bonds is 42. The molecule has 0 radical (unpaired) electrons. The zero-order valence-corrected chi connectivity index (χ0v) is 62.2. The third-order valence-electron chi connectivity index (χ3n) is 16.4. The molecule has 0 aliphatic carbocycles. The summed E-state index contributed by atoms with van der Waals surface area (Å²) in [6.45, 7) is 49.9. The van der Waals surface area contributed by atoms with Crippen molar-refractivity contribution in [2.45, 2.75) is 371 Å². The molecule has 0 unspecified atom stereocenters. The van der Waals surface area contributed by atoms with Crippen LogP contribution in [-0.4, -0.2) is 19.8 Å². The Morgan fingerprint density at radius 2 is 0.442 bits per heavy atom. The first-order valence-electron chi connectivity index (χ1n) is 35.4. The summed E-state index contributed by atoms with van der Waals surface area (Å²) in [5, 5.41) is 0. The standard InChI is InChI=1S/C42H63O3P.C36H75O3P/c1-37(2,3)28-22-19-25-31(34(28)40(10,11)12)43-46(44-32-26-20-23-29(38(4,5)6)35(32)41(13,14)15)45-33-27-21-24-30(39(7,8)9)36(33)42(16,17)18;1-4-7-10-13-16-19-22-25-28-31-34-37-40(38-35-32-29-26-23-20-17-14-11-8-5-2)39-36-33-30-27-24-21-18-15-12-9-6-3/h19-27H,1-18H3;4-36H2,1-3H3. The van der Waals surface area contributed by atoms with E-state index in [9.17, 15) is 0 Å². The number of benzene rings is 3. The zero-order chi connectivity index (χ0) is 64.3. The lowest BCUT2D eigenvalue weighted by Gasteiger charge is -2.35. The summed E-state index contributed by atoms with van der Waals surface area (Å²) in [4.78, 5) is 0. The van der Waals surface area contributed by atoms with Crippen LogP contribution >= 0.6 is 17.2 Å². The molecule has 3 aromatic carbocycles. The van der Waals surface area contributed by atoms with E-state index in [-0.39, 0.29) is 32.5 Å². The fourth-order valence-corrected chi connectivity index (χ4v) is 13.7. The second-order valence-corrected chi connectivity index (χ2v) is 33.5. The quantitative estimate of drug-likeness (QED) is 0.0416. The first-order valence-corrected chi connectivity index (χ1v) is 37.6. The van der Waals surface area contributed by atoms with Gasteiger partial charge in [-0.1, -0.05) is 355 Å². The molecule has 0 N–H and O–H groups in total. The highest BCUT2D eigenvalue weighted by atomic mass is 31.2. The Morgan fingerprint density at radius 1 is 0.244 bits per heavy atom. The third-order valence-corrected chi connectivity index (χ3v) is 18.6. The minimum Gasteiger partial charge on any atom is -0.408 e. The molecule has 86 heavy (non-hydrogen) atoms. The summed E-state index contributed by atoms with van der Waals surface area (Å²) < 4.78 is 39.4. The number of hydrogen-bond acceptors (Lipinski definition) is 6. The largest absolute Gasteiger partial charge is 0.530 e. The van der Waals surface area contributed by atoms with Gasteiger partial charge in [0.2, 0.25) is 0 Å². The first kappa shape index (κ1) is 79.9. The predicted octanol–water partition coefficient (Wildman–Crippen LogP) is 27.3. The van der Waals surface area contributed by atoms with E-state index in [1.165, 1.54) is 207 Å². The van der Waals surface area contributed by atoms with Crippen LogP contribution in [-0.2, 0) is 46.1 Å². The van der Waals surface area contributed by atoms with Gasteiger partial charge >= 0.3 is 17.2 Å². The second kappa shape index (κ2) is 42.0. The molecule has 0 fully saturated rings. The molecular weight excluding hydrogens is 1090 g/mol. The fourth-order valence-electron chi connectivity index (χ4n) is 11.6. The Balaban J connectivity index is 0.000000594. The minimum atomic E-state index is -1.92. The van der Waals surface area contributed by atoms with Crippen LogP contribution in [0.5, 0.6) is 17.2 Å². The third kappa shape index (κ3) is 33.2. The molecule has 0 aromatic heterocycles. The van der Waals surface area contributed by atoms with Crippen molar-refractivity contribution in [1.29, 1.82) is 0 Å². The van der Waals surface area contributed by atoms with E-state index >= 15 is 0 Å². The molecule has 0 bridgehead atoms. The maximum absolute atomic E-state index is 7.02. The van der Waals surface area contributed by atoms with Crippen molar-refractivity contribution in [3.05, 3.63) is 88.0 Å². The van der Waals surface area contributed by atoms with Gasteiger partial charge in [0.05, 0.1) is 19.8 Å². The van der Waals surface area contributed by atoms with Crippen LogP contribution in [0.25, 0.3) is 0 Å². The number of unbranched alkanes of at least 4 members (excludes halogenated alkanes) is 27. The highest BCUT2D eigenvalue weighted by molar-refractivity contribution is 7.43. The highest BCUT2D eigenvalue weighted by Gasteiger charge is 2.36. The summed E-state index contributed by atoms with van der Waals surface area (Å²) in [6, 6.07) is 19.2. The molecule has 3 rings (SSSR count). The van der Waals surface area contributed by atoms with E-state index in [1.54, 1.807) is 0 Å². The molecule has 0 heterocycles. The molecule has 0 saturated carbocycles. The van der Waals surface area contributed by atoms with Crippen molar-refractivity contribution in [2.75, 3.05) is 19.8 Å². The van der Waals surface area contributed by atoms with Gasteiger partial charge in [-0.3, -0.25) is 0 Å². The molecule has 0 atom stereocenters. The molecule has 0 aliphatic rings. The van der Waals surface area contributed by atoms with Gasteiger partial charge in [-0.15, -0.1) is 0 Å². The van der Waals surface area contributed by atoms with Crippen molar-refractivity contribution < 1.29 is 27.1 Å². The minimum absolute atomic E-state index is 0.0622. The van der Waals surface area contributed by atoms with E-state index in [2.05, 4.69) is 200 Å². The monoisotopic (exact) mass is 1230 g/mol. The van der Waals surface area contributed by atoms with Crippen molar-refractivity contribution in [1.82, 2.24) is 0 Å². The van der Waals surface area contributed by atoms with Gasteiger partial charge in [-0.05, 0) is 86.6 Å². The van der Waals surface area contributed by atoms with Gasteiger partial charge in [-0.2, -0.15) is 0 Å². The Labute approximate surface area is 537 Å². The molecule has 6 nitrogen and oxygen atoms in total. The Bertz CT molecular complexity index is 1950. The van der Waals surface area contributed by atoms with Gasteiger partial charge in [0, 0.05) is 16.7 Å². The molecule has 3 aromatic rings. The Kier molecular flexibility index (Phi) is 39.1. The molecule has 0 aliphatic heterocycles. The van der Waals surface area contributed by atoms with Crippen LogP contribution in [0.3, 0.4) is 0 Å². The highest BCUT2D eigenvalue weighted by Crippen LogP contribution is 2.52. The smallest absolute Gasteiger partial charge is 0.408 e. The van der Waals surface area contributed by atoms with E-state index in [0.29, 0.717) is 0 Å². The summed E-state index contributed by atoms with van der Waals surface area (Å²) in [5.74, 6) is 2.42. The van der Waals surface area contributed by atoms with Crippen LogP contribution in [0.15, 0.2) is 54.6 Å². The molecule has 496 valence electrons. The van der Waals surface area contributed by atoms with Gasteiger partial charge in [0.25, 0.3) is 0 Å². The normalized spacial score (nSPS) is 12.7. The summed E-state index contributed by atoms with van der Waals surface area (Å²) in [5.41, 5.74) is 6.67. The van der Waals surface area contributed by atoms with Gasteiger partial charge in [0.1, 0.15) is 17.2 Å². The average molecular weight is 1230 g/mol. The fraction of sp³-hybridized carbons (Fsp3) is 0.769. The maximum atomic E-state index is 7.02. The Hall–Kier alpha value is -2.20. The van der Waals surface area contributed by atoms with Crippen LogP contribution in [0.4, 0.5) is 0 Å². The van der Waals surface area contributed by atoms with E-state index in [1.807, 2.05) is 0 Å². The molecule has 0 spiro atoms. The van der Waals surface area contributed by atoms with Crippen molar-refractivity contribution >= 4 is 17.2 Å². The summed E-state index contributed by atoms with van der Waals surface area (Å²) >= 11 is 0. The van der Waals surface area contributed by atoms with Gasteiger partial charge in [0.15, 0.2) is 0 Å². The van der Waals surface area contributed by atoms with E-state index in [0.717, 1.165) is 56.3 Å². The van der Waals surface area contributed by atoms with E-state index < -0.39 is 17.2 Å². The lowest BCUT2D eigenvalue weighted by Crippen LogP contribution is -2.24.